The lowest BCUT2D eigenvalue weighted by Gasteiger charge is -2.19. The molecular weight excluding hydrogens is 222 g/mol. The fourth-order valence-corrected chi connectivity index (χ4v) is 2.30. The van der Waals surface area contributed by atoms with Crippen LogP contribution in [-0.4, -0.2) is 24.2 Å². The number of nitrogens with two attached hydrogens (primary N) is 1. The van der Waals surface area contributed by atoms with Gasteiger partial charge in [0.25, 0.3) is 0 Å². The Kier molecular flexibility index (Phi) is 3.36. The summed E-state index contributed by atoms with van der Waals surface area (Å²) in [4.78, 5) is 12.4. The quantitative estimate of drug-likeness (QED) is 0.745. The number of amides is 1. The Morgan fingerprint density at radius 1 is 1.62 bits per heavy atom. The minimum absolute atomic E-state index is 0.0570. The van der Waals surface area contributed by atoms with E-state index in [9.17, 15) is 4.79 Å². The molecule has 0 fully saturated rings. The summed E-state index contributed by atoms with van der Waals surface area (Å²) in [6, 6.07) is 6.21. The molecule has 0 aromatic heterocycles. The van der Waals surface area contributed by atoms with Crippen LogP contribution in [0.4, 0.5) is 11.4 Å². The van der Waals surface area contributed by atoms with Gasteiger partial charge in [-0.3, -0.25) is 4.79 Å². The van der Waals surface area contributed by atoms with Crippen molar-refractivity contribution in [1.82, 2.24) is 0 Å². The fourth-order valence-electron chi connectivity index (χ4n) is 1.52. The SMILES string of the molecule is CC(CN)Nc1ccc2c(c1)NC(=O)CS2. The summed E-state index contributed by atoms with van der Waals surface area (Å²) in [5.74, 6) is 0.556. The largest absolute Gasteiger partial charge is 0.381 e. The predicted octanol–water partition coefficient (Wildman–Crippen LogP) is 1.49. The molecule has 1 atom stereocenters. The summed E-state index contributed by atoms with van der Waals surface area (Å²) in [5.41, 5.74) is 7.41. The molecule has 1 unspecified atom stereocenters. The van der Waals surface area contributed by atoms with E-state index in [1.54, 1.807) is 11.8 Å². The van der Waals surface area contributed by atoms with Crippen LogP contribution in [0.3, 0.4) is 0 Å². The van der Waals surface area contributed by atoms with Crippen LogP contribution in [0.5, 0.6) is 0 Å². The molecule has 2 rings (SSSR count). The molecule has 0 aliphatic carbocycles. The summed E-state index contributed by atoms with van der Waals surface area (Å²) in [6.07, 6.45) is 0. The molecule has 1 heterocycles. The van der Waals surface area contributed by atoms with Crippen molar-refractivity contribution >= 4 is 29.0 Å². The van der Waals surface area contributed by atoms with Crippen LogP contribution in [-0.2, 0) is 4.79 Å². The lowest BCUT2D eigenvalue weighted by Crippen LogP contribution is -2.25. The maximum Gasteiger partial charge on any atom is 0.234 e. The van der Waals surface area contributed by atoms with E-state index in [2.05, 4.69) is 10.6 Å². The first kappa shape index (κ1) is 11.3. The normalized spacial score (nSPS) is 16.2. The first-order chi connectivity index (χ1) is 7.69. The molecule has 1 aromatic carbocycles. The maximum absolute atomic E-state index is 11.2. The third-order valence-corrected chi connectivity index (χ3v) is 3.45. The van der Waals surface area contributed by atoms with Gasteiger partial charge in [-0.2, -0.15) is 0 Å². The number of carbonyl (C=O) groups is 1. The third kappa shape index (κ3) is 2.48. The van der Waals surface area contributed by atoms with E-state index in [1.165, 1.54) is 0 Å². The number of fused-ring (bicyclic) bond motifs is 1. The molecule has 1 aliphatic rings. The van der Waals surface area contributed by atoms with Crippen molar-refractivity contribution in [2.45, 2.75) is 17.9 Å². The maximum atomic E-state index is 11.2. The second-order valence-corrected chi connectivity index (χ2v) is 4.85. The van der Waals surface area contributed by atoms with Crippen molar-refractivity contribution in [3.63, 3.8) is 0 Å². The molecule has 0 saturated carbocycles. The highest BCUT2D eigenvalue weighted by Crippen LogP contribution is 2.33. The van der Waals surface area contributed by atoms with E-state index in [0.29, 0.717) is 12.3 Å². The third-order valence-electron chi connectivity index (χ3n) is 2.38. The first-order valence-electron chi connectivity index (χ1n) is 5.22. The molecule has 0 radical (unpaired) electrons. The van der Waals surface area contributed by atoms with Gasteiger partial charge in [-0.05, 0) is 25.1 Å². The van der Waals surface area contributed by atoms with Gasteiger partial charge in [0.05, 0.1) is 11.4 Å². The zero-order valence-electron chi connectivity index (χ0n) is 9.12. The smallest absolute Gasteiger partial charge is 0.234 e. The van der Waals surface area contributed by atoms with Crippen LogP contribution in [0.2, 0.25) is 0 Å². The topological polar surface area (TPSA) is 67.2 Å². The van der Waals surface area contributed by atoms with Crippen LogP contribution in [0, 0.1) is 0 Å². The lowest BCUT2D eigenvalue weighted by molar-refractivity contribution is -0.113. The zero-order valence-corrected chi connectivity index (χ0v) is 9.93. The molecule has 4 N–H and O–H groups in total. The van der Waals surface area contributed by atoms with Crippen LogP contribution in [0.15, 0.2) is 23.1 Å². The zero-order chi connectivity index (χ0) is 11.5. The van der Waals surface area contributed by atoms with Crippen LogP contribution in [0.25, 0.3) is 0 Å². The molecule has 1 aliphatic heterocycles. The molecule has 4 nitrogen and oxygen atoms in total. The predicted molar refractivity (Wildman–Crippen MR) is 67.9 cm³/mol. The number of rotatable bonds is 3. The highest BCUT2D eigenvalue weighted by atomic mass is 32.2. The van der Waals surface area contributed by atoms with E-state index in [0.717, 1.165) is 16.3 Å². The Morgan fingerprint density at radius 3 is 3.19 bits per heavy atom. The Hall–Kier alpha value is -1.20. The van der Waals surface area contributed by atoms with Crippen molar-refractivity contribution in [1.29, 1.82) is 0 Å². The van der Waals surface area contributed by atoms with Crippen LogP contribution >= 0.6 is 11.8 Å². The number of anilines is 2. The molecule has 1 amide bonds. The standard InChI is InChI=1S/C11H15N3OS/c1-7(5-12)13-8-2-3-10-9(4-8)14-11(15)6-16-10/h2-4,7,13H,5-6,12H2,1H3,(H,14,15). The van der Waals surface area contributed by atoms with Crippen molar-refractivity contribution in [3.8, 4) is 0 Å². The Labute approximate surface area is 99.0 Å². The average Bonchev–Trinajstić information content (AvgIpc) is 2.28. The van der Waals surface area contributed by atoms with Gasteiger partial charge >= 0.3 is 0 Å². The van der Waals surface area contributed by atoms with E-state index in [-0.39, 0.29) is 11.9 Å². The number of hydrogen-bond acceptors (Lipinski definition) is 4. The van der Waals surface area contributed by atoms with E-state index >= 15 is 0 Å². The summed E-state index contributed by atoms with van der Waals surface area (Å²) in [6.45, 7) is 2.60. The number of carbonyl (C=O) groups excluding carboxylic acids is 1. The van der Waals surface area contributed by atoms with Crippen LogP contribution < -0.4 is 16.4 Å². The van der Waals surface area contributed by atoms with Crippen molar-refractivity contribution in [3.05, 3.63) is 18.2 Å². The highest BCUT2D eigenvalue weighted by Gasteiger charge is 2.15. The number of thioether (sulfide) groups is 1. The van der Waals surface area contributed by atoms with Crippen LogP contribution in [0.1, 0.15) is 6.92 Å². The molecule has 0 saturated heterocycles. The number of hydrogen-bond donors (Lipinski definition) is 3. The number of nitrogens with one attached hydrogen (secondary N) is 2. The van der Waals surface area contributed by atoms with Gasteiger partial charge in [0.2, 0.25) is 5.91 Å². The molecular formula is C11H15N3OS. The van der Waals surface area contributed by atoms with Crippen molar-refractivity contribution in [2.75, 3.05) is 22.9 Å². The highest BCUT2D eigenvalue weighted by molar-refractivity contribution is 8.00. The molecule has 0 spiro atoms. The summed E-state index contributed by atoms with van der Waals surface area (Å²) < 4.78 is 0. The van der Waals surface area contributed by atoms with Gasteiger partial charge < -0.3 is 16.4 Å². The molecule has 16 heavy (non-hydrogen) atoms. The summed E-state index contributed by atoms with van der Waals surface area (Å²) in [7, 11) is 0. The minimum atomic E-state index is 0.0570. The van der Waals surface area contributed by atoms with Gasteiger partial charge in [-0.1, -0.05) is 0 Å². The van der Waals surface area contributed by atoms with Gasteiger partial charge in [0, 0.05) is 23.2 Å². The molecule has 1 aromatic rings. The van der Waals surface area contributed by atoms with Crippen molar-refractivity contribution < 1.29 is 4.79 Å². The Bertz CT molecular complexity index is 408. The monoisotopic (exact) mass is 237 g/mol. The minimum Gasteiger partial charge on any atom is -0.381 e. The van der Waals surface area contributed by atoms with E-state index < -0.39 is 0 Å². The number of benzene rings is 1. The van der Waals surface area contributed by atoms with Crippen molar-refractivity contribution in [2.24, 2.45) is 5.73 Å². The second-order valence-electron chi connectivity index (χ2n) is 3.83. The molecule has 5 heteroatoms. The fraction of sp³-hybridized carbons (Fsp3) is 0.364. The molecule has 0 bridgehead atoms. The Morgan fingerprint density at radius 2 is 2.44 bits per heavy atom. The summed E-state index contributed by atoms with van der Waals surface area (Å²) >= 11 is 1.57. The van der Waals surface area contributed by atoms with Gasteiger partial charge in [0.15, 0.2) is 0 Å². The van der Waals surface area contributed by atoms with E-state index in [1.807, 2.05) is 25.1 Å². The van der Waals surface area contributed by atoms with Gasteiger partial charge in [0.1, 0.15) is 0 Å². The first-order valence-corrected chi connectivity index (χ1v) is 6.21. The summed E-state index contributed by atoms with van der Waals surface area (Å²) in [5, 5.41) is 6.13. The van der Waals surface area contributed by atoms with Gasteiger partial charge in [-0.25, -0.2) is 0 Å². The Balaban J connectivity index is 2.18. The average molecular weight is 237 g/mol. The van der Waals surface area contributed by atoms with E-state index in [4.69, 9.17) is 5.73 Å². The van der Waals surface area contributed by atoms with Gasteiger partial charge in [-0.15, -0.1) is 11.8 Å². The lowest BCUT2D eigenvalue weighted by atomic mass is 10.2. The molecule has 86 valence electrons. The second kappa shape index (κ2) is 4.76.